The number of benzene rings is 2. The number of phenolic OH excluding ortho intramolecular Hbond substituents is 1. The van der Waals surface area contributed by atoms with Crippen molar-refractivity contribution in [2.75, 3.05) is 12.0 Å². The van der Waals surface area contributed by atoms with Gasteiger partial charge in [0.15, 0.2) is 17.4 Å². The predicted octanol–water partition coefficient (Wildman–Crippen LogP) is 6.88. The van der Waals surface area contributed by atoms with Crippen LogP contribution in [0.2, 0.25) is 10.0 Å². The maximum atomic E-state index is 15.3. The minimum Gasteiger partial charge on any atom is -0.505 e. The van der Waals surface area contributed by atoms with Crippen LogP contribution in [-0.4, -0.2) is 61.2 Å². The molecule has 3 fully saturated rings. The minimum atomic E-state index is -4.79. The Morgan fingerprint density at radius 1 is 0.964 bits per heavy atom. The molecule has 0 radical (unpaired) electrons. The van der Waals surface area contributed by atoms with E-state index in [0.29, 0.717) is 47.1 Å². The Morgan fingerprint density at radius 2 is 1.69 bits per heavy atom. The average molecular weight is 804 g/mol. The number of phenols is 1. The number of rotatable bonds is 10. The number of anilines is 1. The van der Waals surface area contributed by atoms with Crippen LogP contribution in [0, 0.1) is 29.5 Å². The van der Waals surface area contributed by atoms with Crippen molar-refractivity contribution in [2.45, 2.75) is 56.0 Å². The third-order valence-corrected chi connectivity index (χ3v) is 11.8. The van der Waals surface area contributed by atoms with Crippen molar-refractivity contribution in [1.29, 1.82) is 0 Å². The third kappa shape index (κ3) is 6.40. The summed E-state index contributed by atoms with van der Waals surface area (Å²) in [6.45, 7) is 0.0626. The van der Waals surface area contributed by atoms with Crippen molar-refractivity contribution in [3.05, 3.63) is 98.9 Å². The number of nitrogens with one attached hydrogen (secondary N) is 1. The first-order valence-electron chi connectivity index (χ1n) is 17.4. The van der Waals surface area contributed by atoms with Crippen molar-refractivity contribution >= 4 is 58.6 Å². The number of hydrogen-bond acceptors (Lipinski definition) is 8. The first-order valence-corrected chi connectivity index (χ1v) is 18.2. The Balaban J connectivity index is 1.35. The van der Waals surface area contributed by atoms with Crippen LogP contribution in [0.4, 0.5) is 23.4 Å². The summed E-state index contributed by atoms with van der Waals surface area (Å²) in [5.41, 5.74) is 0.442. The standard InChI is InChI=1S/C38H32Cl2F4N4O7/c39-21-8-6-19(7-9-21)37-25(34(53)48(36(37)55)46-32-26(40)15-20(17-45-32)38(42,43)44)16-24-22(31(37)18-5-12-28(49)27(41)14-18)10-11-23-30(24)35(54)47(33(23)52)13-3-1-2-4-29(50)51/h5-10,12,14-15,17,23-25,30-31,49H,1-4,11,13,16H2,(H,45,46)(H,50,51). The van der Waals surface area contributed by atoms with Crippen LogP contribution in [0.15, 0.2) is 66.4 Å². The highest BCUT2D eigenvalue weighted by molar-refractivity contribution is 6.33. The number of carbonyl (C=O) groups excluding carboxylic acids is 4. The first kappa shape index (κ1) is 38.3. The maximum Gasteiger partial charge on any atom is 0.417 e. The van der Waals surface area contributed by atoms with E-state index < -0.39 is 98.7 Å². The lowest BCUT2D eigenvalue weighted by Gasteiger charge is -2.50. The van der Waals surface area contributed by atoms with Gasteiger partial charge >= 0.3 is 12.1 Å². The second kappa shape index (κ2) is 14.2. The first-order chi connectivity index (χ1) is 26.0. The van der Waals surface area contributed by atoms with E-state index in [0.717, 1.165) is 17.0 Å². The fourth-order valence-electron chi connectivity index (χ4n) is 8.87. The Hall–Kier alpha value is -5.02. The second-order valence-electron chi connectivity index (χ2n) is 14.2. The number of alkyl halides is 3. The van der Waals surface area contributed by atoms with Gasteiger partial charge in [-0.3, -0.25) is 34.3 Å². The minimum absolute atomic E-state index is 0.0573. The SMILES string of the molecule is O=C(O)CCCCCN1C(=O)C2CC=C3C(CC4C(=O)N(Nc5ncc(C(F)(F)F)cc5Cl)C(=O)C4(c4ccc(Cl)cc4)C3c3ccc(O)c(F)c3)C2C1=O. The van der Waals surface area contributed by atoms with E-state index in [1.165, 1.54) is 18.2 Å². The summed E-state index contributed by atoms with van der Waals surface area (Å²) < 4.78 is 55.5. The highest BCUT2D eigenvalue weighted by atomic mass is 35.5. The number of aromatic hydroxyl groups is 1. The largest absolute Gasteiger partial charge is 0.505 e. The summed E-state index contributed by atoms with van der Waals surface area (Å²) in [7, 11) is 0. The molecule has 1 aromatic heterocycles. The van der Waals surface area contributed by atoms with Gasteiger partial charge in [0, 0.05) is 30.1 Å². The summed E-state index contributed by atoms with van der Waals surface area (Å²) >= 11 is 12.5. The Bertz CT molecular complexity index is 2150. The molecule has 4 aliphatic rings. The zero-order valence-electron chi connectivity index (χ0n) is 28.7. The quantitative estimate of drug-likeness (QED) is 0.0861. The van der Waals surface area contributed by atoms with Crippen molar-refractivity contribution in [3.63, 3.8) is 0 Å². The van der Waals surface area contributed by atoms with Crippen LogP contribution in [0.3, 0.4) is 0 Å². The fourth-order valence-corrected chi connectivity index (χ4v) is 9.20. The van der Waals surface area contributed by atoms with Gasteiger partial charge in [0.25, 0.3) is 11.8 Å². The number of aromatic nitrogens is 1. The lowest BCUT2D eigenvalue weighted by atomic mass is 9.49. The fraction of sp³-hybridized carbons (Fsp3) is 0.368. The van der Waals surface area contributed by atoms with E-state index in [1.807, 2.05) is 0 Å². The number of likely N-dealkylation sites (tertiary alicyclic amines) is 1. The molecule has 17 heteroatoms. The van der Waals surface area contributed by atoms with Gasteiger partial charge in [-0.05, 0) is 73.1 Å². The Labute approximate surface area is 320 Å². The van der Waals surface area contributed by atoms with Gasteiger partial charge in [-0.1, -0.05) is 59.5 Å². The molecule has 55 heavy (non-hydrogen) atoms. The van der Waals surface area contributed by atoms with Crippen LogP contribution in [0.25, 0.3) is 0 Å². The summed E-state index contributed by atoms with van der Waals surface area (Å²) in [5, 5.41) is 19.5. The number of fused-ring (bicyclic) bond motifs is 4. The zero-order valence-corrected chi connectivity index (χ0v) is 30.2. The predicted molar refractivity (Wildman–Crippen MR) is 188 cm³/mol. The monoisotopic (exact) mass is 802 g/mol. The number of allylic oxidation sites excluding steroid dienone is 2. The third-order valence-electron chi connectivity index (χ3n) is 11.2. The van der Waals surface area contributed by atoms with Crippen LogP contribution in [0.5, 0.6) is 5.75 Å². The van der Waals surface area contributed by atoms with Gasteiger partial charge in [0.2, 0.25) is 11.8 Å². The van der Waals surface area contributed by atoms with Crippen LogP contribution in [0.1, 0.15) is 61.1 Å². The molecule has 2 saturated heterocycles. The summed E-state index contributed by atoms with van der Waals surface area (Å²) in [6.07, 6.45) is -1.45. The van der Waals surface area contributed by atoms with E-state index in [2.05, 4.69) is 10.4 Å². The molecule has 2 aromatic carbocycles. The number of hydrogen-bond donors (Lipinski definition) is 3. The van der Waals surface area contributed by atoms with Gasteiger partial charge in [-0.2, -0.15) is 18.2 Å². The van der Waals surface area contributed by atoms with Gasteiger partial charge in [0.05, 0.1) is 33.8 Å². The molecule has 288 valence electrons. The highest BCUT2D eigenvalue weighted by Crippen LogP contribution is 2.64. The van der Waals surface area contributed by atoms with E-state index in [-0.39, 0.29) is 36.9 Å². The van der Waals surface area contributed by atoms with Gasteiger partial charge in [-0.15, -0.1) is 0 Å². The smallest absolute Gasteiger partial charge is 0.417 e. The zero-order chi connectivity index (χ0) is 39.6. The Morgan fingerprint density at radius 3 is 2.35 bits per heavy atom. The molecular weight excluding hydrogens is 771 g/mol. The van der Waals surface area contributed by atoms with E-state index >= 15 is 9.18 Å². The van der Waals surface area contributed by atoms with Crippen molar-refractivity contribution in [1.82, 2.24) is 14.9 Å². The summed E-state index contributed by atoms with van der Waals surface area (Å²) in [6, 6.07) is 10.2. The molecule has 3 N–H and O–H groups in total. The second-order valence-corrected chi connectivity index (χ2v) is 15.0. The number of pyridine rings is 1. The van der Waals surface area contributed by atoms with Crippen molar-refractivity contribution in [3.8, 4) is 5.75 Å². The molecule has 7 rings (SSSR count). The number of carboxylic acid groups (broad SMARTS) is 1. The molecule has 11 nitrogen and oxygen atoms in total. The lowest BCUT2D eigenvalue weighted by molar-refractivity contribution is -0.141. The molecule has 6 unspecified atom stereocenters. The number of aliphatic carboxylic acids is 1. The van der Waals surface area contributed by atoms with Crippen molar-refractivity contribution < 1.29 is 51.7 Å². The number of carboxylic acids is 1. The van der Waals surface area contributed by atoms with Crippen LogP contribution >= 0.6 is 23.2 Å². The molecule has 3 aromatic rings. The molecule has 1 saturated carbocycles. The normalized spacial score (nSPS) is 26.1. The van der Waals surface area contributed by atoms with Gasteiger partial charge in [0.1, 0.15) is 0 Å². The number of amides is 4. The molecule has 4 amide bonds. The van der Waals surface area contributed by atoms with Crippen LogP contribution in [-0.2, 0) is 35.6 Å². The van der Waals surface area contributed by atoms with Crippen molar-refractivity contribution in [2.24, 2.45) is 23.7 Å². The molecular formula is C38H32Cl2F4N4O7. The Kier molecular flexibility index (Phi) is 9.91. The number of hydrazine groups is 1. The molecule has 3 heterocycles. The lowest BCUT2D eigenvalue weighted by Crippen LogP contribution is -2.53. The molecule has 2 aliphatic carbocycles. The average Bonchev–Trinajstić information content (AvgIpc) is 3.50. The molecule has 2 aliphatic heterocycles. The van der Waals surface area contributed by atoms with E-state index in [4.69, 9.17) is 28.3 Å². The topological polar surface area (TPSA) is 157 Å². The number of halogens is 6. The maximum absolute atomic E-state index is 15.3. The van der Waals surface area contributed by atoms with E-state index in [1.54, 1.807) is 18.2 Å². The summed E-state index contributed by atoms with van der Waals surface area (Å²) in [4.78, 5) is 73.6. The van der Waals surface area contributed by atoms with Gasteiger partial charge in [-0.25, -0.2) is 9.37 Å². The number of carbonyl (C=O) groups is 5. The highest BCUT2D eigenvalue weighted by Gasteiger charge is 2.70. The van der Waals surface area contributed by atoms with Crippen LogP contribution < -0.4 is 5.43 Å². The number of unbranched alkanes of at least 4 members (excludes halogenated alkanes) is 2. The van der Waals surface area contributed by atoms with Gasteiger partial charge < -0.3 is 10.2 Å². The molecule has 0 spiro atoms. The molecule has 6 atom stereocenters. The number of imide groups is 2. The molecule has 0 bridgehead atoms. The summed E-state index contributed by atoms with van der Waals surface area (Å²) in [5.74, 6) is -10.7. The van der Waals surface area contributed by atoms with E-state index in [9.17, 15) is 37.5 Å². The number of nitrogens with zero attached hydrogens (tertiary/aromatic N) is 3.